The Morgan fingerprint density at radius 1 is 0.735 bits per heavy atom. The Morgan fingerprint density at radius 2 is 1.14 bits per heavy atom. The summed E-state index contributed by atoms with van der Waals surface area (Å²) in [6.07, 6.45) is 1.59. The highest BCUT2D eigenvalue weighted by Gasteiger charge is 2.25. The number of halogens is 2. The van der Waals surface area contributed by atoms with Crippen LogP contribution in [0.3, 0.4) is 0 Å². The number of anilines is 2. The van der Waals surface area contributed by atoms with E-state index in [0.717, 1.165) is 0 Å². The van der Waals surface area contributed by atoms with Gasteiger partial charge in [0.2, 0.25) is 0 Å². The van der Waals surface area contributed by atoms with Crippen LogP contribution >= 0.6 is 0 Å². The van der Waals surface area contributed by atoms with Crippen molar-refractivity contribution >= 4 is 77.1 Å². The maximum absolute atomic E-state index is 13.6. The van der Waals surface area contributed by atoms with Gasteiger partial charge in [-0.05, 0) is 52.0 Å². The maximum Gasteiger partial charge on any atom is 0.152 e. The molecule has 0 saturated heterocycles. The van der Waals surface area contributed by atoms with Crippen LogP contribution in [0.5, 0.6) is 0 Å². The molecule has 0 bridgehead atoms. The molecule has 6 rings (SSSR count). The SMILES string of the molecule is CCS(=O)Cc1nc2c(N)nc3cc(F)ccc3c2n1CC(C)(C)O.CS(=O)Cc1nc2c(N)nc3cc(F)ccc3c2n1CC(C)(C)O. The summed E-state index contributed by atoms with van der Waals surface area (Å²) in [5.74, 6) is 1.67. The van der Waals surface area contributed by atoms with Crippen molar-refractivity contribution in [2.75, 3.05) is 23.5 Å². The van der Waals surface area contributed by atoms with Crippen LogP contribution in [-0.2, 0) is 46.2 Å². The molecular formula is C33H40F2N8O4S2. The lowest BCUT2D eigenvalue weighted by Gasteiger charge is -2.20. The van der Waals surface area contributed by atoms with Crippen LogP contribution in [0.4, 0.5) is 20.4 Å². The molecule has 2 aromatic carbocycles. The lowest BCUT2D eigenvalue weighted by Crippen LogP contribution is -2.27. The van der Waals surface area contributed by atoms with Crippen molar-refractivity contribution in [2.24, 2.45) is 0 Å². The lowest BCUT2D eigenvalue weighted by molar-refractivity contribution is 0.0614. The van der Waals surface area contributed by atoms with Gasteiger partial charge in [-0.1, -0.05) is 6.92 Å². The Balaban J connectivity index is 0.000000191. The summed E-state index contributed by atoms with van der Waals surface area (Å²) >= 11 is 0. The fourth-order valence-electron chi connectivity index (χ4n) is 5.62. The first-order valence-corrected chi connectivity index (χ1v) is 18.6. The molecule has 16 heteroatoms. The molecule has 262 valence electrons. The van der Waals surface area contributed by atoms with Crippen molar-refractivity contribution in [2.45, 2.75) is 70.4 Å². The molecule has 0 aliphatic rings. The topological polar surface area (TPSA) is 188 Å². The third-order valence-electron chi connectivity index (χ3n) is 7.52. The van der Waals surface area contributed by atoms with E-state index in [1.165, 1.54) is 24.3 Å². The van der Waals surface area contributed by atoms with Crippen LogP contribution in [0.25, 0.3) is 43.9 Å². The quantitative estimate of drug-likeness (QED) is 0.168. The Morgan fingerprint density at radius 3 is 1.51 bits per heavy atom. The van der Waals surface area contributed by atoms with Crippen molar-refractivity contribution < 1.29 is 27.4 Å². The maximum atomic E-state index is 13.6. The number of nitrogens with zero attached hydrogens (tertiary/aromatic N) is 6. The van der Waals surface area contributed by atoms with Gasteiger partial charge < -0.3 is 30.8 Å². The van der Waals surface area contributed by atoms with Gasteiger partial charge in [0, 0.05) is 56.5 Å². The number of aromatic nitrogens is 6. The van der Waals surface area contributed by atoms with Crippen LogP contribution in [0.15, 0.2) is 36.4 Å². The van der Waals surface area contributed by atoms with Crippen LogP contribution in [0.1, 0.15) is 46.3 Å². The minimum Gasteiger partial charge on any atom is -0.389 e. The molecule has 0 radical (unpaired) electrons. The average molecular weight is 715 g/mol. The Bertz CT molecular complexity index is 2260. The predicted octanol–water partition coefficient (Wildman–Crippen LogP) is 4.30. The zero-order valence-corrected chi connectivity index (χ0v) is 29.8. The molecule has 0 fully saturated rings. The minimum absolute atomic E-state index is 0.181. The summed E-state index contributed by atoms with van der Waals surface area (Å²) < 4.78 is 54.5. The van der Waals surface area contributed by atoms with Gasteiger partial charge in [0.25, 0.3) is 0 Å². The van der Waals surface area contributed by atoms with E-state index in [-0.39, 0.29) is 36.2 Å². The number of rotatable bonds is 9. The molecule has 4 aromatic heterocycles. The Hall–Kier alpha value is -4.12. The molecule has 0 aliphatic heterocycles. The van der Waals surface area contributed by atoms with E-state index in [1.54, 1.807) is 50.7 Å². The van der Waals surface area contributed by atoms with E-state index in [2.05, 4.69) is 19.9 Å². The van der Waals surface area contributed by atoms with Crippen molar-refractivity contribution in [1.82, 2.24) is 29.1 Å². The zero-order chi connectivity index (χ0) is 36.0. The average Bonchev–Trinajstić information content (AvgIpc) is 3.50. The van der Waals surface area contributed by atoms with Crippen LogP contribution in [-0.4, -0.2) is 70.9 Å². The second-order valence-corrected chi connectivity index (χ2v) is 16.3. The summed E-state index contributed by atoms with van der Waals surface area (Å²) in [4.78, 5) is 17.5. The summed E-state index contributed by atoms with van der Waals surface area (Å²) in [7, 11) is -2.19. The number of hydrogen-bond donors (Lipinski definition) is 4. The highest BCUT2D eigenvalue weighted by atomic mass is 32.2. The molecule has 12 nitrogen and oxygen atoms in total. The molecule has 0 saturated carbocycles. The van der Waals surface area contributed by atoms with E-state index in [9.17, 15) is 27.4 Å². The van der Waals surface area contributed by atoms with Gasteiger partial charge in [-0.15, -0.1) is 0 Å². The van der Waals surface area contributed by atoms with E-state index < -0.39 is 44.4 Å². The number of aliphatic hydroxyl groups is 2. The lowest BCUT2D eigenvalue weighted by atomic mass is 10.1. The third-order valence-corrected chi connectivity index (χ3v) is 9.41. The van der Waals surface area contributed by atoms with Gasteiger partial charge in [-0.3, -0.25) is 8.42 Å². The number of hydrogen-bond acceptors (Lipinski definition) is 10. The van der Waals surface area contributed by atoms with Gasteiger partial charge in [-0.2, -0.15) is 0 Å². The van der Waals surface area contributed by atoms with Gasteiger partial charge in [0.05, 0.1) is 57.9 Å². The molecule has 2 atom stereocenters. The van der Waals surface area contributed by atoms with Crippen molar-refractivity contribution in [3.8, 4) is 0 Å². The molecule has 49 heavy (non-hydrogen) atoms. The number of pyridine rings is 2. The van der Waals surface area contributed by atoms with Crippen molar-refractivity contribution in [1.29, 1.82) is 0 Å². The summed E-state index contributed by atoms with van der Waals surface area (Å²) in [6, 6.07) is 8.57. The van der Waals surface area contributed by atoms with E-state index in [0.29, 0.717) is 61.3 Å². The second-order valence-electron chi connectivity index (χ2n) is 13.2. The molecule has 6 aromatic rings. The monoisotopic (exact) mass is 714 g/mol. The molecule has 0 aliphatic carbocycles. The van der Waals surface area contributed by atoms with E-state index in [1.807, 2.05) is 11.5 Å². The molecule has 6 N–H and O–H groups in total. The predicted molar refractivity (Wildman–Crippen MR) is 192 cm³/mol. The normalized spacial score (nSPS) is 13.7. The number of fused-ring (bicyclic) bond motifs is 6. The fourth-order valence-corrected chi connectivity index (χ4v) is 6.92. The summed E-state index contributed by atoms with van der Waals surface area (Å²) in [5.41, 5.74) is 13.1. The molecule has 2 unspecified atom stereocenters. The van der Waals surface area contributed by atoms with Crippen molar-refractivity contribution in [3.05, 3.63) is 59.7 Å². The zero-order valence-electron chi connectivity index (χ0n) is 28.1. The molecular weight excluding hydrogens is 675 g/mol. The van der Waals surface area contributed by atoms with Gasteiger partial charge in [-0.25, -0.2) is 28.7 Å². The van der Waals surface area contributed by atoms with Gasteiger partial charge in [0.1, 0.15) is 34.3 Å². The first-order valence-electron chi connectivity index (χ1n) is 15.4. The van der Waals surface area contributed by atoms with Gasteiger partial charge in [0.15, 0.2) is 11.6 Å². The molecule has 0 spiro atoms. The largest absolute Gasteiger partial charge is 0.389 e. The Kier molecular flexibility index (Phi) is 10.1. The van der Waals surface area contributed by atoms with Crippen molar-refractivity contribution in [3.63, 3.8) is 0 Å². The van der Waals surface area contributed by atoms with Gasteiger partial charge >= 0.3 is 0 Å². The summed E-state index contributed by atoms with van der Waals surface area (Å²) in [5, 5.41) is 22.0. The first-order chi connectivity index (χ1) is 22.8. The smallest absolute Gasteiger partial charge is 0.152 e. The highest BCUT2D eigenvalue weighted by molar-refractivity contribution is 7.84. The Labute approximate surface area is 286 Å². The highest BCUT2D eigenvalue weighted by Crippen LogP contribution is 2.32. The standard InChI is InChI=1S/C17H21FN4O2S.C16H19FN4O2S/c1-4-25(24)8-13-21-14-15(22(13)9-17(2,3)23)11-6-5-10(18)7-12(11)20-16(14)19;1-16(2,22)8-21-12(7-24(3)23)20-13-14(21)10-5-4-9(17)6-11(10)19-15(13)18/h5-7,23H,4,8-9H2,1-3H3,(H2,19,20);4-6,22H,7-8H2,1-3H3,(H2,18,19). The molecule has 0 amide bonds. The van der Waals surface area contributed by atoms with E-state index >= 15 is 0 Å². The summed E-state index contributed by atoms with van der Waals surface area (Å²) in [6.45, 7) is 9.06. The number of nitrogens with two attached hydrogens (primary N) is 2. The van der Waals surface area contributed by atoms with E-state index in [4.69, 9.17) is 11.5 Å². The second kappa shape index (κ2) is 13.7. The number of nitrogen functional groups attached to an aromatic ring is 2. The fraction of sp³-hybridized carbons (Fsp3) is 0.394. The first kappa shape index (κ1) is 36.2. The van der Waals surface area contributed by atoms with Crippen LogP contribution < -0.4 is 11.5 Å². The van der Waals surface area contributed by atoms with Crippen LogP contribution in [0.2, 0.25) is 0 Å². The minimum atomic E-state index is -1.11. The molecule has 4 heterocycles. The third kappa shape index (κ3) is 8.03. The number of benzene rings is 2. The number of imidazole rings is 2. The van der Waals surface area contributed by atoms with Crippen LogP contribution in [0, 0.1) is 11.6 Å².